The lowest BCUT2D eigenvalue weighted by atomic mass is 10.2. The summed E-state index contributed by atoms with van der Waals surface area (Å²) in [7, 11) is 1.27. The van der Waals surface area contributed by atoms with E-state index in [0.29, 0.717) is 18.9 Å². The van der Waals surface area contributed by atoms with E-state index in [-0.39, 0.29) is 25.5 Å². The fraction of sp³-hybridized carbons (Fsp3) is 0.467. The highest BCUT2D eigenvalue weighted by molar-refractivity contribution is 5.97. The van der Waals surface area contributed by atoms with Crippen molar-refractivity contribution in [1.82, 2.24) is 0 Å². The number of carbonyl (C=O) groups excluding carboxylic acids is 2. The molecule has 2 rings (SSSR count). The van der Waals surface area contributed by atoms with Gasteiger partial charge in [0.1, 0.15) is 5.82 Å². The third-order valence-corrected chi connectivity index (χ3v) is 3.24. The maximum absolute atomic E-state index is 13.4. The number of hydrogen-bond donors (Lipinski definition) is 0. The van der Waals surface area contributed by atoms with Crippen LogP contribution < -0.4 is 4.90 Å². The maximum Gasteiger partial charge on any atom is 0.307 e. The third-order valence-electron chi connectivity index (χ3n) is 3.24. The molecule has 22 heavy (non-hydrogen) atoms. The molecule has 1 heterocycles. The van der Waals surface area contributed by atoms with E-state index in [1.165, 1.54) is 30.2 Å². The molecule has 1 aromatic carbocycles. The van der Waals surface area contributed by atoms with Crippen molar-refractivity contribution >= 4 is 17.6 Å². The molecule has 0 aliphatic carbocycles. The Balaban J connectivity index is 2.16. The Morgan fingerprint density at radius 3 is 2.86 bits per heavy atom. The SMILES string of the molecule is COC(=O)CCN(C(=O)[C@@H]1COCCO1)c1cccc(F)c1. The van der Waals surface area contributed by atoms with E-state index in [9.17, 15) is 14.0 Å². The first kappa shape index (κ1) is 16.4. The van der Waals surface area contributed by atoms with Crippen molar-refractivity contribution in [3.8, 4) is 0 Å². The molecule has 7 heteroatoms. The fourth-order valence-corrected chi connectivity index (χ4v) is 2.12. The van der Waals surface area contributed by atoms with E-state index in [2.05, 4.69) is 4.74 Å². The third kappa shape index (κ3) is 4.25. The van der Waals surface area contributed by atoms with E-state index in [4.69, 9.17) is 9.47 Å². The van der Waals surface area contributed by atoms with Gasteiger partial charge in [0.05, 0.1) is 33.4 Å². The topological polar surface area (TPSA) is 65.1 Å². The van der Waals surface area contributed by atoms with E-state index >= 15 is 0 Å². The molecule has 1 aliphatic heterocycles. The lowest BCUT2D eigenvalue weighted by molar-refractivity contribution is -0.145. The summed E-state index contributed by atoms with van der Waals surface area (Å²) < 4.78 is 28.6. The molecular weight excluding hydrogens is 293 g/mol. The number of amides is 1. The highest BCUT2D eigenvalue weighted by Gasteiger charge is 2.29. The molecule has 0 spiro atoms. The van der Waals surface area contributed by atoms with E-state index < -0.39 is 17.9 Å². The molecule has 0 N–H and O–H groups in total. The van der Waals surface area contributed by atoms with Crippen molar-refractivity contribution in [3.63, 3.8) is 0 Å². The zero-order valence-electron chi connectivity index (χ0n) is 12.3. The van der Waals surface area contributed by atoms with Crippen LogP contribution in [0.3, 0.4) is 0 Å². The van der Waals surface area contributed by atoms with Crippen LogP contribution in [0.15, 0.2) is 24.3 Å². The summed E-state index contributed by atoms with van der Waals surface area (Å²) >= 11 is 0. The summed E-state index contributed by atoms with van der Waals surface area (Å²) in [6.07, 6.45) is -0.749. The van der Waals surface area contributed by atoms with Gasteiger partial charge in [0.25, 0.3) is 5.91 Å². The van der Waals surface area contributed by atoms with E-state index in [0.717, 1.165) is 0 Å². The normalized spacial score (nSPS) is 17.8. The van der Waals surface area contributed by atoms with Crippen LogP contribution in [0.4, 0.5) is 10.1 Å². The smallest absolute Gasteiger partial charge is 0.307 e. The number of methoxy groups -OCH3 is 1. The molecule has 0 bridgehead atoms. The lowest BCUT2D eigenvalue weighted by Gasteiger charge is -2.29. The Morgan fingerprint density at radius 2 is 2.23 bits per heavy atom. The Morgan fingerprint density at radius 1 is 1.41 bits per heavy atom. The van der Waals surface area contributed by atoms with E-state index in [1.54, 1.807) is 6.07 Å². The molecule has 1 fully saturated rings. The molecule has 0 unspecified atom stereocenters. The summed E-state index contributed by atoms with van der Waals surface area (Å²) in [5, 5.41) is 0. The molecule has 1 aliphatic rings. The quantitative estimate of drug-likeness (QED) is 0.763. The maximum atomic E-state index is 13.4. The minimum atomic E-state index is -0.755. The highest BCUT2D eigenvalue weighted by atomic mass is 19.1. The van der Waals surface area contributed by atoms with Gasteiger partial charge in [-0.1, -0.05) is 6.07 Å². The number of carbonyl (C=O) groups is 2. The summed E-state index contributed by atoms with van der Waals surface area (Å²) in [5.74, 6) is -1.28. The molecule has 0 aromatic heterocycles. The summed E-state index contributed by atoms with van der Waals surface area (Å²) in [4.78, 5) is 25.2. The van der Waals surface area contributed by atoms with Gasteiger partial charge in [0.2, 0.25) is 0 Å². The van der Waals surface area contributed by atoms with Gasteiger partial charge in [0.15, 0.2) is 6.10 Å². The molecule has 0 saturated carbocycles. The largest absolute Gasteiger partial charge is 0.469 e. The lowest BCUT2D eigenvalue weighted by Crippen LogP contribution is -2.46. The minimum absolute atomic E-state index is 0.00628. The second-order valence-electron chi connectivity index (χ2n) is 4.73. The van der Waals surface area contributed by atoms with Crippen molar-refractivity contribution in [2.75, 3.05) is 38.4 Å². The Labute approximate surface area is 127 Å². The number of esters is 1. The molecule has 120 valence electrons. The van der Waals surface area contributed by atoms with Gasteiger partial charge in [-0.3, -0.25) is 9.59 Å². The Kier molecular flexibility index (Phi) is 5.85. The van der Waals surface area contributed by atoms with Crippen LogP contribution in [0.5, 0.6) is 0 Å². The van der Waals surface area contributed by atoms with Crippen LogP contribution >= 0.6 is 0 Å². The monoisotopic (exact) mass is 311 g/mol. The zero-order valence-corrected chi connectivity index (χ0v) is 12.3. The molecule has 1 aromatic rings. The fourth-order valence-electron chi connectivity index (χ4n) is 2.12. The van der Waals surface area contributed by atoms with Gasteiger partial charge in [0, 0.05) is 12.2 Å². The molecular formula is C15H18FNO5. The number of benzene rings is 1. The minimum Gasteiger partial charge on any atom is -0.469 e. The van der Waals surface area contributed by atoms with Gasteiger partial charge in [-0.15, -0.1) is 0 Å². The van der Waals surface area contributed by atoms with Crippen LogP contribution in [0.25, 0.3) is 0 Å². The van der Waals surface area contributed by atoms with Crippen LogP contribution in [0.1, 0.15) is 6.42 Å². The number of rotatable bonds is 5. The second-order valence-corrected chi connectivity index (χ2v) is 4.73. The average molecular weight is 311 g/mol. The van der Waals surface area contributed by atoms with Crippen LogP contribution in [0.2, 0.25) is 0 Å². The summed E-state index contributed by atoms with van der Waals surface area (Å²) in [5.41, 5.74) is 0.364. The summed E-state index contributed by atoms with van der Waals surface area (Å²) in [6, 6.07) is 5.62. The first-order chi connectivity index (χ1) is 10.6. The van der Waals surface area contributed by atoms with Gasteiger partial charge >= 0.3 is 5.97 Å². The summed E-state index contributed by atoms with van der Waals surface area (Å²) in [6.45, 7) is 0.980. The number of hydrogen-bond acceptors (Lipinski definition) is 5. The van der Waals surface area contributed by atoms with Gasteiger partial charge in [-0.05, 0) is 18.2 Å². The van der Waals surface area contributed by atoms with Crippen molar-refractivity contribution < 1.29 is 28.2 Å². The van der Waals surface area contributed by atoms with Crippen molar-refractivity contribution in [2.24, 2.45) is 0 Å². The molecule has 1 atom stereocenters. The van der Waals surface area contributed by atoms with Crippen LogP contribution in [-0.4, -0.2) is 51.5 Å². The predicted octanol–water partition coefficient (Wildman–Crippen LogP) is 1.14. The zero-order chi connectivity index (χ0) is 15.9. The van der Waals surface area contributed by atoms with Crippen LogP contribution in [-0.2, 0) is 23.8 Å². The van der Waals surface area contributed by atoms with Gasteiger partial charge in [-0.2, -0.15) is 0 Å². The second kappa shape index (κ2) is 7.86. The standard InChI is InChI=1S/C15H18FNO5/c1-20-14(18)5-6-17(12-4-2-3-11(16)9-12)15(19)13-10-21-7-8-22-13/h2-4,9,13H,5-8,10H2,1H3/t13-/m0/s1. The molecule has 1 saturated heterocycles. The average Bonchev–Trinajstić information content (AvgIpc) is 2.55. The molecule has 0 radical (unpaired) electrons. The number of halogens is 1. The highest BCUT2D eigenvalue weighted by Crippen LogP contribution is 2.19. The van der Waals surface area contributed by atoms with Gasteiger partial charge in [-0.25, -0.2) is 4.39 Å². The molecule has 1 amide bonds. The molecule has 6 nitrogen and oxygen atoms in total. The van der Waals surface area contributed by atoms with E-state index in [1.807, 2.05) is 0 Å². The van der Waals surface area contributed by atoms with Crippen molar-refractivity contribution in [3.05, 3.63) is 30.1 Å². The van der Waals surface area contributed by atoms with Crippen molar-refractivity contribution in [2.45, 2.75) is 12.5 Å². The predicted molar refractivity (Wildman–Crippen MR) is 75.9 cm³/mol. The van der Waals surface area contributed by atoms with Crippen LogP contribution in [0, 0.1) is 5.82 Å². The Bertz CT molecular complexity index is 530. The van der Waals surface area contributed by atoms with Crippen molar-refractivity contribution in [1.29, 1.82) is 0 Å². The van der Waals surface area contributed by atoms with Gasteiger partial charge < -0.3 is 19.1 Å². The first-order valence-electron chi connectivity index (χ1n) is 6.95. The number of nitrogens with zero attached hydrogens (tertiary/aromatic N) is 1. The Hall–Kier alpha value is -1.99. The number of ether oxygens (including phenoxy) is 3. The number of anilines is 1. The first-order valence-corrected chi connectivity index (χ1v) is 6.95.